The summed E-state index contributed by atoms with van der Waals surface area (Å²) in [6, 6.07) is 1.39. The second kappa shape index (κ2) is 3.55. The summed E-state index contributed by atoms with van der Waals surface area (Å²) in [5.41, 5.74) is 0. The Morgan fingerprint density at radius 3 is 1.64 bits per heavy atom. The summed E-state index contributed by atoms with van der Waals surface area (Å²) >= 11 is 0. The minimum absolute atomic E-state index is 0.697. The van der Waals surface area contributed by atoms with Gasteiger partial charge in [-0.2, -0.15) is 0 Å². The van der Waals surface area contributed by atoms with Crippen LogP contribution < -0.4 is 0 Å². The summed E-state index contributed by atoms with van der Waals surface area (Å²) in [4.78, 5) is 4.91. The molecule has 1 heterocycles. The number of rotatable bonds is 0. The van der Waals surface area contributed by atoms with Crippen molar-refractivity contribution in [1.82, 2.24) is 9.80 Å². The van der Waals surface area contributed by atoms with Crippen molar-refractivity contribution in [3.63, 3.8) is 0 Å². The van der Waals surface area contributed by atoms with Crippen LogP contribution in [0.25, 0.3) is 0 Å². The fourth-order valence-corrected chi connectivity index (χ4v) is 1.71. The highest BCUT2D eigenvalue weighted by molar-refractivity contribution is 4.80. The van der Waals surface area contributed by atoms with Gasteiger partial charge in [0, 0.05) is 12.1 Å². The molecule has 0 aromatic carbocycles. The Kier molecular flexibility index (Phi) is 2.90. The zero-order chi connectivity index (χ0) is 8.43. The highest BCUT2D eigenvalue weighted by Gasteiger charge is 2.23. The van der Waals surface area contributed by atoms with Crippen LogP contribution in [-0.4, -0.2) is 49.1 Å². The standard InChI is InChI=1S/C9H20N2/c1-8-9(2)11(4)7-5-6-10(8)3/h8-9H,5-7H2,1-4H3. The number of likely N-dealkylation sites (N-methyl/N-ethyl adjacent to an activating group) is 2. The van der Waals surface area contributed by atoms with Crippen LogP contribution in [0, 0.1) is 0 Å². The predicted molar refractivity (Wildman–Crippen MR) is 48.8 cm³/mol. The highest BCUT2D eigenvalue weighted by atomic mass is 15.2. The zero-order valence-corrected chi connectivity index (χ0v) is 8.17. The Hall–Kier alpha value is -0.0800. The van der Waals surface area contributed by atoms with Crippen molar-refractivity contribution in [1.29, 1.82) is 0 Å². The maximum atomic E-state index is 2.45. The van der Waals surface area contributed by atoms with Crippen LogP contribution in [0.5, 0.6) is 0 Å². The van der Waals surface area contributed by atoms with Crippen LogP contribution in [0.4, 0.5) is 0 Å². The molecule has 2 nitrogen and oxygen atoms in total. The van der Waals surface area contributed by atoms with Gasteiger partial charge in [0.05, 0.1) is 0 Å². The van der Waals surface area contributed by atoms with Gasteiger partial charge < -0.3 is 9.80 Å². The van der Waals surface area contributed by atoms with E-state index in [9.17, 15) is 0 Å². The van der Waals surface area contributed by atoms with Gasteiger partial charge in [-0.05, 0) is 47.5 Å². The summed E-state index contributed by atoms with van der Waals surface area (Å²) in [6.07, 6.45) is 1.31. The fraction of sp³-hybridized carbons (Fsp3) is 1.00. The van der Waals surface area contributed by atoms with Gasteiger partial charge in [0.2, 0.25) is 0 Å². The molecule has 2 atom stereocenters. The lowest BCUT2D eigenvalue weighted by molar-refractivity contribution is 0.176. The fourth-order valence-electron chi connectivity index (χ4n) is 1.71. The van der Waals surface area contributed by atoms with Crippen LogP contribution in [0.3, 0.4) is 0 Å². The maximum absolute atomic E-state index is 2.45. The molecule has 1 saturated heterocycles. The molecule has 0 bridgehead atoms. The minimum Gasteiger partial charge on any atom is -0.302 e. The highest BCUT2D eigenvalue weighted by Crippen LogP contribution is 2.12. The van der Waals surface area contributed by atoms with E-state index in [1.165, 1.54) is 19.5 Å². The van der Waals surface area contributed by atoms with Gasteiger partial charge in [0.15, 0.2) is 0 Å². The van der Waals surface area contributed by atoms with E-state index >= 15 is 0 Å². The van der Waals surface area contributed by atoms with Gasteiger partial charge >= 0.3 is 0 Å². The van der Waals surface area contributed by atoms with E-state index in [1.54, 1.807) is 0 Å². The molecule has 0 N–H and O–H groups in total. The van der Waals surface area contributed by atoms with E-state index in [0.29, 0.717) is 12.1 Å². The Bertz CT molecular complexity index is 111. The van der Waals surface area contributed by atoms with Gasteiger partial charge in [-0.15, -0.1) is 0 Å². The molecule has 1 rings (SSSR count). The largest absolute Gasteiger partial charge is 0.302 e. The van der Waals surface area contributed by atoms with E-state index in [4.69, 9.17) is 0 Å². The van der Waals surface area contributed by atoms with Gasteiger partial charge in [0.1, 0.15) is 0 Å². The van der Waals surface area contributed by atoms with E-state index in [0.717, 1.165) is 0 Å². The average Bonchev–Trinajstić information content (AvgIpc) is 2.07. The van der Waals surface area contributed by atoms with Crippen molar-refractivity contribution >= 4 is 0 Å². The van der Waals surface area contributed by atoms with Gasteiger partial charge in [0.25, 0.3) is 0 Å². The van der Waals surface area contributed by atoms with Crippen LogP contribution >= 0.6 is 0 Å². The quantitative estimate of drug-likeness (QED) is 0.517. The third-order valence-corrected chi connectivity index (χ3v) is 3.11. The van der Waals surface area contributed by atoms with E-state index in [-0.39, 0.29) is 0 Å². The van der Waals surface area contributed by atoms with Crippen molar-refractivity contribution in [2.75, 3.05) is 27.2 Å². The minimum atomic E-state index is 0.697. The molecular formula is C9H20N2. The molecule has 66 valence electrons. The second-order valence-corrected chi connectivity index (χ2v) is 3.80. The van der Waals surface area contributed by atoms with E-state index in [2.05, 4.69) is 37.7 Å². The van der Waals surface area contributed by atoms with Gasteiger partial charge in [-0.3, -0.25) is 0 Å². The molecule has 1 aliphatic heterocycles. The van der Waals surface area contributed by atoms with Crippen molar-refractivity contribution < 1.29 is 0 Å². The molecule has 0 aliphatic carbocycles. The maximum Gasteiger partial charge on any atom is 0.0217 e. The third kappa shape index (κ3) is 1.94. The summed E-state index contributed by atoms with van der Waals surface area (Å²) in [5.74, 6) is 0. The first-order valence-electron chi connectivity index (χ1n) is 4.53. The molecular weight excluding hydrogens is 136 g/mol. The first kappa shape index (κ1) is 9.01. The van der Waals surface area contributed by atoms with Gasteiger partial charge in [-0.1, -0.05) is 0 Å². The van der Waals surface area contributed by atoms with Crippen LogP contribution in [0.15, 0.2) is 0 Å². The van der Waals surface area contributed by atoms with Crippen LogP contribution in [0.2, 0.25) is 0 Å². The monoisotopic (exact) mass is 156 g/mol. The lowest BCUT2D eigenvalue weighted by Crippen LogP contribution is -2.42. The summed E-state index contributed by atoms with van der Waals surface area (Å²) in [7, 11) is 4.45. The molecule has 0 saturated carbocycles. The Labute approximate surface area is 70.2 Å². The summed E-state index contributed by atoms with van der Waals surface area (Å²) in [5, 5.41) is 0. The van der Waals surface area contributed by atoms with Crippen LogP contribution in [-0.2, 0) is 0 Å². The molecule has 2 unspecified atom stereocenters. The molecule has 1 fully saturated rings. The Balaban J connectivity index is 2.58. The number of hydrogen-bond acceptors (Lipinski definition) is 2. The lowest BCUT2D eigenvalue weighted by atomic mass is 10.1. The molecule has 11 heavy (non-hydrogen) atoms. The lowest BCUT2D eigenvalue weighted by Gasteiger charge is -2.30. The van der Waals surface area contributed by atoms with Crippen molar-refractivity contribution in [3.8, 4) is 0 Å². The molecule has 0 aromatic rings. The second-order valence-electron chi connectivity index (χ2n) is 3.80. The Morgan fingerprint density at radius 2 is 1.27 bits per heavy atom. The molecule has 2 heteroatoms. The van der Waals surface area contributed by atoms with Crippen LogP contribution in [0.1, 0.15) is 20.3 Å². The molecule has 0 spiro atoms. The number of nitrogens with zero attached hydrogens (tertiary/aromatic N) is 2. The predicted octanol–water partition coefficient (Wildman–Crippen LogP) is 1.03. The first-order chi connectivity index (χ1) is 5.13. The summed E-state index contributed by atoms with van der Waals surface area (Å²) in [6.45, 7) is 7.12. The number of hydrogen-bond donors (Lipinski definition) is 0. The first-order valence-corrected chi connectivity index (χ1v) is 4.53. The smallest absolute Gasteiger partial charge is 0.0217 e. The van der Waals surface area contributed by atoms with Crippen molar-refractivity contribution in [2.45, 2.75) is 32.4 Å². The molecule has 0 amide bonds. The Morgan fingerprint density at radius 1 is 0.909 bits per heavy atom. The normalized spacial score (nSPS) is 37.1. The molecule has 1 aliphatic rings. The summed E-state index contributed by atoms with van der Waals surface area (Å²) < 4.78 is 0. The SMILES string of the molecule is CC1C(C)N(C)CCCN1C. The van der Waals surface area contributed by atoms with Crippen molar-refractivity contribution in [3.05, 3.63) is 0 Å². The topological polar surface area (TPSA) is 6.48 Å². The zero-order valence-electron chi connectivity index (χ0n) is 8.17. The van der Waals surface area contributed by atoms with E-state index in [1.807, 2.05) is 0 Å². The van der Waals surface area contributed by atoms with Crippen molar-refractivity contribution in [2.24, 2.45) is 0 Å². The average molecular weight is 156 g/mol. The van der Waals surface area contributed by atoms with E-state index < -0.39 is 0 Å². The molecule has 0 aromatic heterocycles. The molecule has 0 radical (unpaired) electrons. The third-order valence-electron chi connectivity index (χ3n) is 3.11. The van der Waals surface area contributed by atoms with Gasteiger partial charge in [-0.25, -0.2) is 0 Å².